The Morgan fingerprint density at radius 3 is 2.86 bits per heavy atom. The summed E-state index contributed by atoms with van der Waals surface area (Å²) < 4.78 is 8.96. The summed E-state index contributed by atoms with van der Waals surface area (Å²) in [5.74, 6) is 1.10. The molecule has 3 aromatic heterocycles. The lowest BCUT2D eigenvalue weighted by Gasteiger charge is -2.12. The molecule has 9 nitrogen and oxygen atoms in total. The van der Waals surface area contributed by atoms with E-state index in [1.807, 2.05) is 38.3 Å². The number of hydrogen-bond donors (Lipinski definition) is 1. The molecule has 1 N–H and O–H groups in total. The van der Waals surface area contributed by atoms with E-state index in [0.717, 1.165) is 17.0 Å². The van der Waals surface area contributed by atoms with Crippen molar-refractivity contribution in [3.8, 4) is 6.07 Å². The molecule has 0 radical (unpaired) electrons. The van der Waals surface area contributed by atoms with Crippen molar-refractivity contribution in [2.45, 2.75) is 45.4 Å². The van der Waals surface area contributed by atoms with Crippen molar-refractivity contribution in [2.75, 3.05) is 11.1 Å². The summed E-state index contributed by atoms with van der Waals surface area (Å²) in [5, 5.41) is 24.6. The summed E-state index contributed by atoms with van der Waals surface area (Å²) in [4.78, 5) is 12.6. The lowest BCUT2D eigenvalue weighted by molar-refractivity contribution is -0.113. The molecule has 0 aromatic carbocycles. The fourth-order valence-corrected chi connectivity index (χ4v) is 3.60. The number of nitriles is 1. The minimum absolute atomic E-state index is 0.0987. The average Bonchev–Trinajstić information content (AvgIpc) is 3.38. The van der Waals surface area contributed by atoms with Gasteiger partial charge in [0.25, 0.3) is 0 Å². The van der Waals surface area contributed by atoms with Crippen molar-refractivity contribution >= 4 is 23.5 Å². The van der Waals surface area contributed by atoms with Gasteiger partial charge in [0.1, 0.15) is 17.6 Å². The quantitative estimate of drug-likeness (QED) is 0.607. The molecule has 0 atom stereocenters. The summed E-state index contributed by atoms with van der Waals surface area (Å²) in [5.41, 5.74) is 2.19. The second kappa shape index (κ2) is 8.31. The van der Waals surface area contributed by atoms with Crippen LogP contribution in [0.4, 0.5) is 5.82 Å². The Bertz CT molecular complexity index is 1010. The molecule has 146 valence electrons. The van der Waals surface area contributed by atoms with Gasteiger partial charge in [0.05, 0.1) is 30.2 Å². The number of carbonyl (C=O) groups excluding carboxylic acids is 1. The van der Waals surface area contributed by atoms with E-state index in [4.69, 9.17) is 4.42 Å². The molecule has 0 spiro atoms. The van der Waals surface area contributed by atoms with E-state index in [1.165, 1.54) is 11.8 Å². The van der Waals surface area contributed by atoms with Crippen LogP contribution in [0.2, 0.25) is 0 Å². The minimum Gasteiger partial charge on any atom is -0.467 e. The minimum atomic E-state index is -0.238. The van der Waals surface area contributed by atoms with Gasteiger partial charge in [0.15, 0.2) is 0 Å². The SMILES string of the molecule is Cc1c(C#N)c(NC(=O)CSc2nnnn2C(C)C)n(Cc2ccco2)c1C. The lowest BCUT2D eigenvalue weighted by Crippen LogP contribution is -2.19. The lowest BCUT2D eigenvalue weighted by atomic mass is 10.2. The van der Waals surface area contributed by atoms with E-state index < -0.39 is 0 Å². The monoisotopic (exact) mass is 399 g/mol. The molecule has 0 aliphatic rings. The highest BCUT2D eigenvalue weighted by atomic mass is 32.2. The Morgan fingerprint density at radius 1 is 1.43 bits per heavy atom. The van der Waals surface area contributed by atoms with Crippen LogP contribution >= 0.6 is 11.8 Å². The second-order valence-corrected chi connectivity index (χ2v) is 7.49. The van der Waals surface area contributed by atoms with Gasteiger partial charge >= 0.3 is 0 Å². The maximum Gasteiger partial charge on any atom is 0.235 e. The second-order valence-electron chi connectivity index (χ2n) is 6.55. The first kappa shape index (κ1) is 19.7. The summed E-state index contributed by atoms with van der Waals surface area (Å²) in [6, 6.07) is 5.95. The van der Waals surface area contributed by atoms with Crippen LogP contribution in [0.25, 0.3) is 0 Å². The number of aromatic nitrogens is 5. The predicted molar refractivity (Wildman–Crippen MR) is 104 cm³/mol. The first-order valence-electron chi connectivity index (χ1n) is 8.75. The van der Waals surface area contributed by atoms with Gasteiger partial charge < -0.3 is 14.3 Å². The normalized spacial score (nSPS) is 11.0. The third-order valence-electron chi connectivity index (χ3n) is 4.38. The number of amides is 1. The Morgan fingerprint density at radius 2 is 2.21 bits per heavy atom. The van der Waals surface area contributed by atoms with E-state index in [-0.39, 0.29) is 17.7 Å². The van der Waals surface area contributed by atoms with Crippen molar-refractivity contribution in [2.24, 2.45) is 0 Å². The molecule has 0 saturated carbocycles. The number of anilines is 1. The highest BCUT2D eigenvalue weighted by molar-refractivity contribution is 7.99. The first-order chi connectivity index (χ1) is 13.4. The van der Waals surface area contributed by atoms with Crippen LogP contribution in [0.15, 0.2) is 28.0 Å². The molecule has 3 heterocycles. The molecule has 28 heavy (non-hydrogen) atoms. The molecule has 0 unspecified atom stereocenters. The highest BCUT2D eigenvalue weighted by Crippen LogP contribution is 2.28. The Kier molecular flexibility index (Phi) is 5.84. The zero-order valence-corrected chi connectivity index (χ0v) is 16.9. The van der Waals surface area contributed by atoms with E-state index in [1.54, 1.807) is 17.0 Å². The molecule has 0 fully saturated rings. The number of carbonyl (C=O) groups is 1. The van der Waals surface area contributed by atoms with Crippen molar-refractivity contribution in [3.63, 3.8) is 0 Å². The molecule has 1 amide bonds. The molecule has 3 rings (SSSR count). The molecule has 0 aliphatic heterocycles. The summed E-state index contributed by atoms with van der Waals surface area (Å²) in [6.07, 6.45) is 1.60. The zero-order valence-electron chi connectivity index (χ0n) is 16.1. The van der Waals surface area contributed by atoms with Gasteiger partial charge in [-0.25, -0.2) is 4.68 Å². The standard InChI is InChI=1S/C18H21N7O2S/c1-11(2)25-18(21-22-23-25)28-10-16(26)20-17-15(8-19)12(3)13(4)24(17)9-14-6-5-7-27-14/h5-7,11H,9-10H2,1-4H3,(H,20,26). The van der Waals surface area contributed by atoms with Crippen LogP contribution in [0, 0.1) is 25.2 Å². The smallest absolute Gasteiger partial charge is 0.235 e. The average molecular weight is 399 g/mol. The summed E-state index contributed by atoms with van der Waals surface area (Å²) in [6.45, 7) is 8.14. The first-order valence-corrected chi connectivity index (χ1v) is 9.73. The van der Waals surface area contributed by atoms with Gasteiger partial charge in [-0.15, -0.1) is 5.10 Å². The van der Waals surface area contributed by atoms with Crippen molar-refractivity contribution < 1.29 is 9.21 Å². The molecule has 0 bridgehead atoms. The van der Waals surface area contributed by atoms with Gasteiger partial charge in [-0.05, 0) is 55.8 Å². The van der Waals surface area contributed by atoms with Gasteiger partial charge in [0, 0.05) is 5.69 Å². The van der Waals surface area contributed by atoms with Gasteiger partial charge in [0.2, 0.25) is 11.1 Å². The molecular weight excluding hydrogens is 378 g/mol. The van der Waals surface area contributed by atoms with Gasteiger partial charge in [-0.1, -0.05) is 11.8 Å². The number of furan rings is 1. The van der Waals surface area contributed by atoms with Gasteiger partial charge in [-0.3, -0.25) is 4.79 Å². The zero-order chi connectivity index (χ0) is 20.3. The molecule has 0 aliphatic carbocycles. The Labute approximate surface area is 166 Å². The Hall–Kier alpha value is -3.06. The molecule has 0 saturated heterocycles. The summed E-state index contributed by atoms with van der Waals surface area (Å²) >= 11 is 1.25. The largest absolute Gasteiger partial charge is 0.467 e. The number of nitrogens with one attached hydrogen (secondary N) is 1. The van der Waals surface area contributed by atoms with E-state index >= 15 is 0 Å². The van der Waals surface area contributed by atoms with Crippen LogP contribution in [0.5, 0.6) is 0 Å². The van der Waals surface area contributed by atoms with Crippen LogP contribution in [-0.4, -0.2) is 36.4 Å². The molecule has 3 aromatic rings. The maximum atomic E-state index is 12.6. The molecular formula is C18H21N7O2S. The third kappa shape index (κ3) is 3.94. The Balaban J connectivity index is 1.79. The van der Waals surface area contributed by atoms with E-state index in [2.05, 4.69) is 26.9 Å². The van der Waals surface area contributed by atoms with E-state index in [0.29, 0.717) is 23.1 Å². The van der Waals surface area contributed by atoms with Crippen LogP contribution in [0.3, 0.4) is 0 Å². The van der Waals surface area contributed by atoms with Crippen LogP contribution in [-0.2, 0) is 11.3 Å². The number of rotatable bonds is 7. The van der Waals surface area contributed by atoms with E-state index in [9.17, 15) is 10.1 Å². The maximum absolute atomic E-state index is 12.6. The number of tetrazole rings is 1. The number of thioether (sulfide) groups is 1. The predicted octanol–water partition coefficient (Wildman–Crippen LogP) is 2.92. The van der Waals surface area contributed by atoms with Gasteiger partial charge in [-0.2, -0.15) is 5.26 Å². The third-order valence-corrected chi connectivity index (χ3v) is 5.31. The fraction of sp³-hybridized carbons (Fsp3) is 0.389. The number of nitrogens with zero attached hydrogens (tertiary/aromatic N) is 6. The van der Waals surface area contributed by atoms with Crippen LogP contribution in [0.1, 0.15) is 42.5 Å². The highest BCUT2D eigenvalue weighted by Gasteiger charge is 2.21. The van der Waals surface area contributed by atoms with Crippen molar-refractivity contribution in [1.29, 1.82) is 5.26 Å². The number of hydrogen-bond acceptors (Lipinski definition) is 7. The molecule has 10 heteroatoms. The van der Waals surface area contributed by atoms with Crippen molar-refractivity contribution in [1.82, 2.24) is 24.8 Å². The van der Waals surface area contributed by atoms with Crippen LogP contribution < -0.4 is 5.32 Å². The fourth-order valence-electron chi connectivity index (χ4n) is 2.79. The topological polar surface area (TPSA) is 115 Å². The summed E-state index contributed by atoms with van der Waals surface area (Å²) in [7, 11) is 0. The van der Waals surface area contributed by atoms with Crippen molar-refractivity contribution in [3.05, 3.63) is 41.0 Å².